The Hall–Kier alpha value is -0.150. The number of aryl methyl sites for hydroxylation is 1. The minimum absolute atomic E-state index is 0.694. The van der Waals surface area contributed by atoms with Crippen LogP contribution in [0.2, 0.25) is 0 Å². The fourth-order valence-electron chi connectivity index (χ4n) is 0.630. The van der Waals surface area contributed by atoms with Crippen molar-refractivity contribution in [2.45, 2.75) is 4.90 Å². The van der Waals surface area contributed by atoms with Gasteiger partial charge >= 0.3 is 0 Å². The highest BCUT2D eigenvalue weighted by atomic mass is 35.5. The smallest absolute Gasteiger partial charge is 0.0625 e. The molecular formula is C6H9ClN2S. The van der Waals surface area contributed by atoms with Crippen LogP contribution >= 0.6 is 23.4 Å². The molecule has 0 spiro atoms. The maximum Gasteiger partial charge on any atom is 0.0625 e. The van der Waals surface area contributed by atoms with Gasteiger partial charge in [-0.15, -0.1) is 23.4 Å². The summed E-state index contributed by atoms with van der Waals surface area (Å²) in [5, 5.41) is 4.02. The molecule has 0 saturated heterocycles. The topological polar surface area (TPSA) is 17.8 Å². The Bertz CT molecular complexity index is 199. The van der Waals surface area contributed by atoms with Crippen LogP contribution in [0.25, 0.3) is 0 Å². The lowest BCUT2D eigenvalue weighted by atomic mass is 10.7. The molecule has 4 heteroatoms. The first-order chi connectivity index (χ1) is 4.83. The van der Waals surface area contributed by atoms with Gasteiger partial charge < -0.3 is 0 Å². The molecule has 0 amide bonds. The normalized spacial score (nSPS) is 10.2. The summed E-state index contributed by atoms with van der Waals surface area (Å²) in [6, 6.07) is 0. The maximum absolute atomic E-state index is 5.51. The van der Waals surface area contributed by atoms with Crippen molar-refractivity contribution in [2.75, 3.05) is 11.6 Å². The van der Waals surface area contributed by atoms with Crippen molar-refractivity contribution < 1.29 is 0 Å². The second kappa shape index (κ2) is 3.88. The van der Waals surface area contributed by atoms with Crippen LogP contribution in [0.1, 0.15) is 0 Å². The summed E-state index contributed by atoms with van der Waals surface area (Å²) in [6.45, 7) is 0. The van der Waals surface area contributed by atoms with Crippen molar-refractivity contribution in [3.05, 3.63) is 12.4 Å². The van der Waals surface area contributed by atoms with Crippen LogP contribution in [-0.4, -0.2) is 21.4 Å². The number of hydrogen-bond acceptors (Lipinski definition) is 2. The van der Waals surface area contributed by atoms with Gasteiger partial charge in [-0.1, -0.05) is 0 Å². The van der Waals surface area contributed by atoms with E-state index in [0.717, 1.165) is 5.75 Å². The van der Waals surface area contributed by atoms with Crippen LogP contribution in [0.3, 0.4) is 0 Å². The standard InChI is InChI=1S/C6H9ClN2S/c1-9-5-6(4-8-9)10-3-2-7/h4-5H,2-3H2,1H3. The number of alkyl halides is 1. The van der Waals surface area contributed by atoms with Gasteiger partial charge in [-0.25, -0.2) is 0 Å². The average molecular weight is 177 g/mol. The number of nitrogens with zero attached hydrogens (tertiary/aromatic N) is 2. The average Bonchev–Trinajstić information content (AvgIpc) is 2.31. The molecule has 56 valence electrons. The zero-order valence-corrected chi connectivity index (χ0v) is 7.32. The molecule has 1 rings (SSSR count). The van der Waals surface area contributed by atoms with E-state index in [1.807, 2.05) is 19.4 Å². The van der Waals surface area contributed by atoms with Crippen molar-refractivity contribution in [1.82, 2.24) is 9.78 Å². The first kappa shape index (κ1) is 7.95. The number of thioether (sulfide) groups is 1. The highest BCUT2D eigenvalue weighted by Crippen LogP contribution is 2.15. The highest BCUT2D eigenvalue weighted by molar-refractivity contribution is 7.99. The molecule has 1 aromatic heterocycles. The zero-order chi connectivity index (χ0) is 7.40. The van der Waals surface area contributed by atoms with E-state index in [1.165, 1.54) is 4.90 Å². The second-order valence-corrected chi connectivity index (χ2v) is 3.43. The summed E-state index contributed by atoms with van der Waals surface area (Å²) >= 11 is 7.24. The minimum atomic E-state index is 0.694. The largest absolute Gasteiger partial charge is 0.275 e. The lowest BCUT2D eigenvalue weighted by molar-refractivity contribution is 0.766. The Balaban J connectivity index is 2.42. The van der Waals surface area contributed by atoms with Gasteiger partial charge in [0.1, 0.15) is 0 Å². The first-order valence-corrected chi connectivity index (χ1v) is 4.52. The molecule has 10 heavy (non-hydrogen) atoms. The van der Waals surface area contributed by atoms with E-state index in [9.17, 15) is 0 Å². The third kappa shape index (κ3) is 2.23. The minimum Gasteiger partial charge on any atom is -0.275 e. The van der Waals surface area contributed by atoms with E-state index in [0.29, 0.717) is 5.88 Å². The summed E-state index contributed by atoms with van der Waals surface area (Å²) < 4.78 is 1.79. The fraction of sp³-hybridized carbons (Fsp3) is 0.500. The lowest BCUT2D eigenvalue weighted by Crippen LogP contribution is -1.84. The molecule has 1 heterocycles. The lowest BCUT2D eigenvalue weighted by Gasteiger charge is -1.89. The molecular weight excluding hydrogens is 168 g/mol. The molecule has 2 nitrogen and oxygen atoms in total. The van der Waals surface area contributed by atoms with Crippen LogP contribution in [0.4, 0.5) is 0 Å². The SMILES string of the molecule is Cn1cc(SCCCl)cn1. The molecule has 0 bridgehead atoms. The quantitative estimate of drug-likeness (QED) is 0.516. The Labute approximate surface area is 69.6 Å². The van der Waals surface area contributed by atoms with E-state index < -0.39 is 0 Å². The second-order valence-electron chi connectivity index (χ2n) is 1.89. The van der Waals surface area contributed by atoms with Crippen molar-refractivity contribution in [1.29, 1.82) is 0 Å². The van der Waals surface area contributed by atoms with Gasteiger partial charge in [-0.3, -0.25) is 4.68 Å². The predicted molar refractivity (Wildman–Crippen MR) is 44.7 cm³/mol. The van der Waals surface area contributed by atoms with E-state index >= 15 is 0 Å². The molecule has 0 radical (unpaired) electrons. The molecule has 0 N–H and O–H groups in total. The van der Waals surface area contributed by atoms with Crippen LogP contribution in [-0.2, 0) is 7.05 Å². The van der Waals surface area contributed by atoms with Crippen molar-refractivity contribution >= 4 is 23.4 Å². The Morgan fingerprint density at radius 2 is 2.60 bits per heavy atom. The first-order valence-electron chi connectivity index (χ1n) is 3.00. The van der Waals surface area contributed by atoms with E-state index in [1.54, 1.807) is 16.4 Å². The number of rotatable bonds is 3. The molecule has 0 fully saturated rings. The Kier molecular flexibility index (Phi) is 3.09. The molecule has 0 aliphatic carbocycles. The van der Waals surface area contributed by atoms with Crippen LogP contribution in [0, 0.1) is 0 Å². The molecule has 0 saturated carbocycles. The zero-order valence-electron chi connectivity index (χ0n) is 5.75. The summed E-state index contributed by atoms with van der Waals surface area (Å²) in [5.74, 6) is 1.65. The highest BCUT2D eigenvalue weighted by Gasteiger charge is 1.94. The van der Waals surface area contributed by atoms with Crippen LogP contribution < -0.4 is 0 Å². The molecule has 0 unspecified atom stereocenters. The van der Waals surface area contributed by atoms with Crippen molar-refractivity contribution in [2.24, 2.45) is 7.05 Å². The van der Waals surface area contributed by atoms with E-state index in [-0.39, 0.29) is 0 Å². The summed E-state index contributed by atoms with van der Waals surface area (Å²) in [7, 11) is 1.91. The molecule has 0 aliphatic heterocycles. The molecule has 1 aromatic rings. The molecule has 0 atom stereocenters. The monoisotopic (exact) mass is 176 g/mol. The predicted octanol–water partition coefficient (Wildman–Crippen LogP) is 1.75. The summed E-state index contributed by atoms with van der Waals surface area (Å²) in [6.07, 6.45) is 3.83. The van der Waals surface area contributed by atoms with Gasteiger partial charge in [0.15, 0.2) is 0 Å². The molecule has 0 aromatic carbocycles. The van der Waals surface area contributed by atoms with Gasteiger partial charge in [0.2, 0.25) is 0 Å². The number of aromatic nitrogens is 2. The summed E-state index contributed by atoms with van der Waals surface area (Å²) in [4.78, 5) is 1.18. The Morgan fingerprint density at radius 1 is 1.80 bits per heavy atom. The third-order valence-corrected chi connectivity index (χ3v) is 2.39. The summed E-state index contributed by atoms with van der Waals surface area (Å²) in [5.41, 5.74) is 0. The number of halogens is 1. The van der Waals surface area contributed by atoms with Gasteiger partial charge in [-0.05, 0) is 0 Å². The number of hydrogen-bond donors (Lipinski definition) is 0. The van der Waals surface area contributed by atoms with E-state index in [2.05, 4.69) is 5.10 Å². The van der Waals surface area contributed by atoms with Gasteiger partial charge in [0, 0.05) is 29.8 Å². The van der Waals surface area contributed by atoms with Gasteiger partial charge in [0.25, 0.3) is 0 Å². The van der Waals surface area contributed by atoms with Crippen molar-refractivity contribution in [3.63, 3.8) is 0 Å². The molecule has 0 aliphatic rings. The van der Waals surface area contributed by atoms with Crippen LogP contribution in [0.5, 0.6) is 0 Å². The maximum atomic E-state index is 5.51. The van der Waals surface area contributed by atoms with Crippen molar-refractivity contribution in [3.8, 4) is 0 Å². The van der Waals surface area contributed by atoms with Crippen LogP contribution in [0.15, 0.2) is 17.3 Å². The fourth-order valence-corrected chi connectivity index (χ4v) is 1.52. The van der Waals surface area contributed by atoms with E-state index in [4.69, 9.17) is 11.6 Å². The van der Waals surface area contributed by atoms with Gasteiger partial charge in [0.05, 0.1) is 6.20 Å². The third-order valence-electron chi connectivity index (χ3n) is 1.03. The van der Waals surface area contributed by atoms with Gasteiger partial charge in [-0.2, -0.15) is 5.10 Å². The Morgan fingerprint density at radius 3 is 3.10 bits per heavy atom.